The number of nitro groups is 1. The first-order valence-electron chi connectivity index (χ1n) is 7.54. The number of hydrogen-bond donors (Lipinski definition) is 0. The number of hydrogen-bond acceptors (Lipinski definition) is 5. The zero-order valence-electron chi connectivity index (χ0n) is 13.3. The lowest BCUT2D eigenvalue weighted by Gasteiger charge is -2.11. The minimum atomic E-state index is -0.525. The third-order valence-corrected chi connectivity index (χ3v) is 4.91. The summed E-state index contributed by atoms with van der Waals surface area (Å²) in [5.41, 5.74) is 0.893. The molecule has 0 saturated carbocycles. The summed E-state index contributed by atoms with van der Waals surface area (Å²) in [7, 11) is 0. The van der Waals surface area contributed by atoms with Crippen molar-refractivity contribution in [3.63, 3.8) is 0 Å². The minimum Gasteiger partial charge on any atom is -0.294 e. The Hall–Kier alpha value is -2.38. The number of benzene rings is 2. The molecule has 25 heavy (non-hydrogen) atoms. The summed E-state index contributed by atoms with van der Waals surface area (Å²) in [6.07, 6.45) is 1.46. The molecule has 3 rings (SSSR count). The SMILES string of the molecule is CCSc1ccc(Cl)cc1Cn1cnc2ccc([N+](=O)[O-])cc2c1=O. The molecule has 0 radical (unpaired) electrons. The Morgan fingerprint density at radius 2 is 2.08 bits per heavy atom. The lowest BCUT2D eigenvalue weighted by atomic mass is 10.2. The maximum atomic E-state index is 12.7. The topological polar surface area (TPSA) is 78.0 Å². The van der Waals surface area contributed by atoms with E-state index in [0.717, 1.165) is 16.2 Å². The fourth-order valence-electron chi connectivity index (χ4n) is 2.52. The van der Waals surface area contributed by atoms with Crippen molar-refractivity contribution in [2.24, 2.45) is 0 Å². The van der Waals surface area contributed by atoms with E-state index in [1.807, 2.05) is 25.1 Å². The van der Waals surface area contributed by atoms with Gasteiger partial charge in [-0.3, -0.25) is 19.5 Å². The molecule has 0 aliphatic rings. The average molecular weight is 376 g/mol. The fourth-order valence-corrected chi connectivity index (χ4v) is 3.50. The highest BCUT2D eigenvalue weighted by molar-refractivity contribution is 7.99. The quantitative estimate of drug-likeness (QED) is 0.381. The third kappa shape index (κ3) is 3.67. The molecule has 0 N–H and O–H groups in total. The van der Waals surface area contributed by atoms with E-state index >= 15 is 0 Å². The van der Waals surface area contributed by atoms with Crippen LogP contribution in [0.25, 0.3) is 10.9 Å². The van der Waals surface area contributed by atoms with Gasteiger partial charge in [0.15, 0.2) is 0 Å². The van der Waals surface area contributed by atoms with Crippen LogP contribution in [0.5, 0.6) is 0 Å². The number of thioether (sulfide) groups is 1. The van der Waals surface area contributed by atoms with Crippen LogP contribution in [0.1, 0.15) is 12.5 Å². The van der Waals surface area contributed by atoms with E-state index in [4.69, 9.17) is 11.6 Å². The van der Waals surface area contributed by atoms with Gasteiger partial charge in [0.05, 0.1) is 28.7 Å². The Labute approximate surface area is 152 Å². The van der Waals surface area contributed by atoms with Gasteiger partial charge >= 0.3 is 0 Å². The number of fused-ring (bicyclic) bond motifs is 1. The van der Waals surface area contributed by atoms with Crippen LogP contribution in [0.3, 0.4) is 0 Å². The zero-order chi connectivity index (χ0) is 18.0. The molecule has 3 aromatic rings. The summed E-state index contributed by atoms with van der Waals surface area (Å²) >= 11 is 7.75. The van der Waals surface area contributed by atoms with Crippen LogP contribution in [-0.2, 0) is 6.54 Å². The second-order valence-corrected chi connectivity index (χ2v) is 7.06. The standard InChI is InChI=1S/C17H14ClN3O3S/c1-2-25-16-6-3-12(18)7-11(16)9-20-10-19-15-5-4-13(21(23)24)8-14(15)17(20)22/h3-8,10H,2,9H2,1H3. The maximum Gasteiger partial charge on any atom is 0.270 e. The molecule has 0 fully saturated rings. The second-order valence-electron chi connectivity index (χ2n) is 5.32. The van der Waals surface area contributed by atoms with Crippen LogP contribution in [0.2, 0.25) is 5.02 Å². The number of halogens is 1. The summed E-state index contributed by atoms with van der Waals surface area (Å²) < 4.78 is 1.44. The van der Waals surface area contributed by atoms with E-state index in [-0.39, 0.29) is 16.6 Å². The summed E-state index contributed by atoms with van der Waals surface area (Å²) in [6.45, 7) is 2.35. The zero-order valence-corrected chi connectivity index (χ0v) is 14.9. The number of nitro benzene ring substituents is 1. The van der Waals surface area contributed by atoms with Gasteiger partial charge in [0.1, 0.15) is 0 Å². The van der Waals surface area contributed by atoms with Crippen LogP contribution in [0.4, 0.5) is 5.69 Å². The van der Waals surface area contributed by atoms with Crippen molar-refractivity contribution in [2.45, 2.75) is 18.4 Å². The molecule has 0 aliphatic heterocycles. The van der Waals surface area contributed by atoms with Gasteiger partial charge in [0.2, 0.25) is 0 Å². The van der Waals surface area contributed by atoms with Crippen molar-refractivity contribution in [2.75, 3.05) is 5.75 Å². The van der Waals surface area contributed by atoms with Crippen LogP contribution in [0.15, 0.2) is 52.4 Å². The largest absolute Gasteiger partial charge is 0.294 e. The van der Waals surface area contributed by atoms with E-state index < -0.39 is 4.92 Å². The lowest BCUT2D eigenvalue weighted by molar-refractivity contribution is -0.384. The van der Waals surface area contributed by atoms with E-state index in [0.29, 0.717) is 17.1 Å². The van der Waals surface area contributed by atoms with Crippen LogP contribution < -0.4 is 5.56 Å². The van der Waals surface area contributed by atoms with Crippen LogP contribution >= 0.6 is 23.4 Å². The predicted octanol–water partition coefficient (Wildman–Crippen LogP) is 4.12. The van der Waals surface area contributed by atoms with E-state index in [1.165, 1.54) is 29.1 Å². The molecule has 0 aliphatic carbocycles. The van der Waals surface area contributed by atoms with Gasteiger partial charge in [0.25, 0.3) is 11.2 Å². The molecule has 0 atom stereocenters. The molecule has 1 aromatic heterocycles. The van der Waals surface area contributed by atoms with Gasteiger partial charge in [-0.2, -0.15) is 0 Å². The molecule has 2 aromatic carbocycles. The van der Waals surface area contributed by atoms with Gasteiger partial charge in [-0.15, -0.1) is 11.8 Å². The highest BCUT2D eigenvalue weighted by atomic mass is 35.5. The van der Waals surface area contributed by atoms with Crippen molar-refractivity contribution in [3.8, 4) is 0 Å². The molecule has 0 unspecified atom stereocenters. The van der Waals surface area contributed by atoms with Gasteiger partial charge in [-0.25, -0.2) is 4.98 Å². The monoisotopic (exact) mass is 375 g/mol. The van der Waals surface area contributed by atoms with Crippen molar-refractivity contribution < 1.29 is 4.92 Å². The molecular formula is C17H14ClN3O3S. The van der Waals surface area contributed by atoms with E-state index in [2.05, 4.69) is 4.98 Å². The first-order chi connectivity index (χ1) is 12.0. The number of aromatic nitrogens is 2. The Morgan fingerprint density at radius 3 is 2.80 bits per heavy atom. The second kappa shape index (κ2) is 7.25. The molecule has 128 valence electrons. The Kier molecular flexibility index (Phi) is 5.06. The molecule has 0 bridgehead atoms. The Balaban J connectivity index is 2.08. The summed E-state index contributed by atoms with van der Waals surface area (Å²) in [5.74, 6) is 0.895. The van der Waals surface area contributed by atoms with Crippen molar-refractivity contribution in [1.82, 2.24) is 9.55 Å². The molecule has 1 heterocycles. The minimum absolute atomic E-state index is 0.130. The first kappa shape index (κ1) is 17.4. The van der Waals surface area contributed by atoms with Crippen LogP contribution in [-0.4, -0.2) is 20.2 Å². The van der Waals surface area contributed by atoms with Gasteiger partial charge in [-0.1, -0.05) is 18.5 Å². The van der Waals surface area contributed by atoms with Gasteiger partial charge in [0, 0.05) is 22.1 Å². The van der Waals surface area contributed by atoms with Gasteiger partial charge < -0.3 is 0 Å². The maximum absolute atomic E-state index is 12.7. The summed E-state index contributed by atoms with van der Waals surface area (Å²) in [6, 6.07) is 9.65. The molecule has 6 nitrogen and oxygen atoms in total. The highest BCUT2D eigenvalue weighted by Crippen LogP contribution is 2.26. The average Bonchev–Trinajstić information content (AvgIpc) is 2.59. The first-order valence-corrected chi connectivity index (χ1v) is 8.90. The summed E-state index contributed by atoms with van der Waals surface area (Å²) in [5, 5.41) is 11.8. The number of rotatable bonds is 5. The number of non-ortho nitro benzene ring substituents is 1. The Bertz CT molecular complexity index is 1020. The van der Waals surface area contributed by atoms with E-state index in [9.17, 15) is 14.9 Å². The molecule has 0 spiro atoms. The smallest absolute Gasteiger partial charge is 0.270 e. The predicted molar refractivity (Wildman–Crippen MR) is 99.6 cm³/mol. The van der Waals surface area contributed by atoms with Crippen molar-refractivity contribution >= 4 is 40.0 Å². The molecule has 0 amide bonds. The molecule has 0 saturated heterocycles. The van der Waals surface area contributed by atoms with Gasteiger partial charge in [-0.05, 0) is 35.6 Å². The lowest BCUT2D eigenvalue weighted by Crippen LogP contribution is -2.21. The number of nitrogens with zero attached hydrogens (tertiary/aromatic N) is 3. The van der Waals surface area contributed by atoms with Crippen molar-refractivity contribution in [1.29, 1.82) is 0 Å². The highest BCUT2D eigenvalue weighted by Gasteiger charge is 2.12. The third-order valence-electron chi connectivity index (χ3n) is 3.68. The van der Waals surface area contributed by atoms with E-state index in [1.54, 1.807) is 11.8 Å². The van der Waals surface area contributed by atoms with Crippen molar-refractivity contribution in [3.05, 3.63) is 73.8 Å². The summed E-state index contributed by atoms with van der Waals surface area (Å²) in [4.78, 5) is 28.4. The Morgan fingerprint density at radius 1 is 1.28 bits per heavy atom. The molecule has 8 heteroatoms. The van der Waals surface area contributed by atoms with Crippen LogP contribution in [0, 0.1) is 10.1 Å². The normalized spacial score (nSPS) is 11.0. The molecular weight excluding hydrogens is 362 g/mol. The fraction of sp³-hybridized carbons (Fsp3) is 0.176.